The lowest BCUT2D eigenvalue weighted by Crippen LogP contribution is -2.47. The molecule has 2 unspecified atom stereocenters. The fourth-order valence-corrected chi connectivity index (χ4v) is 5.33. The molecule has 1 aliphatic rings. The number of oxazole rings is 1. The predicted molar refractivity (Wildman–Crippen MR) is 162 cm³/mol. The molecule has 0 spiro atoms. The average molecular weight is 578 g/mol. The number of benzene rings is 4. The average Bonchev–Trinajstić information content (AvgIpc) is 3.69. The molecule has 0 radical (unpaired) electrons. The molecule has 1 fully saturated rings. The molecule has 4 atom stereocenters. The van der Waals surface area contributed by atoms with Gasteiger partial charge in [0.15, 0.2) is 18.1 Å². The summed E-state index contributed by atoms with van der Waals surface area (Å²) in [6, 6.07) is 27.7. The number of aryl methyl sites for hydroxylation is 1. The highest BCUT2D eigenvalue weighted by molar-refractivity contribution is 5.93. The van der Waals surface area contributed by atoms with Crippen LogP contribution in [0.25, 0.3) is 11.1 Å². The third kappa shape index (κ3) is 6.37. The molecule has 43 heavy (non-hydrogen) atoms. The molecule has 4 aromatic carbocycles. The first-order chi connectivity index (χ1) is 20.9. The predicted octanol–water partition coefficient (Wildman–Crippen LogP) is 5.81. The minimum atomic E-state index is -1.04. The number of anilines is 1. The smallest absolute Gasteiger partial charge is 0.335 e. The van der Waals surface area contributed by atoms with Crippen molar-refractivity contribution in [1.29, 1.82) is 0 Å². The number of carboxylic acids is 1. The number of ether oxygens (including phenoxy) is 2. The van der Waals surface area contributed by atoms with Gasteiger partial charge in [-0.2, -0.15) is 0 Å². The van der Waals surface area contributed by atoms with E-state index in [0.717, 1.165) is 17.0 Å². The highest BCUT2D eigenvalue weighted by Crippen LogP contribution is 2.30. The lowest BCUT2D eigenvalue weighted by atomic mass is 9.93. The van der Waals surface area contributed by atoms with Gasteiger partial charge in [-0.25, -0.2) is 9.78 Å². The van der Waals surface area contributed by atoms with E-state index in [9.17, 15) is 14.7 Å². The van der Waals surface area contributed by atoms with Gasteiger partial charge in [0, 0.05) is 18.7 Å². The van der Waals surface area contributed by atoms with Gasteiger partial charge in [-0.3, -0.25) is 4.79 Å². The Morgan fingerprint density at radius 2 is 1.74 bits per heavy atom. The van der Waals surface area contributed by atoms with Gasteiger partial charge in [0.2, 0.25) is 5.78 Å². The number of carboxylic acid groups (broad SMARTS) is 1. The number of Topliss-reactive ketones (excluding diaryl/α,β-unsaturated/α-hetero) is 1. The molecule has 3 N–H and O–H groups in total. The van der Waals surface area contributed by atoms with Gasteiger partial charge in [-0.1, -0.05) is 42.5 Å². The molecular formula is C34H31N3O6. The summed E-state index contributed by atoms with van der Waals surface area (Å²) in [6.45, 7) is 2.51. The lowest BCUT2D eigenvalue weighted by Gasteiger charge is -2.29. The van der Waals surface area contributed by atoms with Crippen LogP contribution in [0.3, 0.4) is 0 Å². The maximum Gasteiger partial charge on any atom is 0.335 e. The molecule has 2 heterocycles. The summed E-state index contributed by atoms with van der Waals surface area (Å²) >= 11 is 0. The Labute approximate surface area is 248 Å². The van der Waals surface area contributed by atoms with Gasteiger partial charge >= 0.3 is 5.97 Å². The number of rotatable bonds is 11. The molecule has 1 aliphatic heterocycles. The van der Waals surface area contributed by atoms with Crippen molar-refractivity contribution in [3.05, 3.63) is 120 Å². The summed E-state index contributed by atoms with van der Waals surface area (Å²) in [5.74, 6) is -0.106. The van der Waals surface area contributed by atoms with Crippen molar-refractivity contribution in [2.45, 2.75) is 37.6 Å². The van der Waals surface area contributed by atoms with Crippen molar-refractivity contribution >= 4 is 28.5 Å². The Balaban J connectivity index is 1.34. The van der Waals surface area contributed by atoms with E-state index < -0.39 is 18.1 Å². The maximum atomic E-state index is 14.7. The summed E-state index contributed by atoms with van der Waals surface area (Å²) in [4.78, 5) is 30.3. The Morgan fingerprint density at radius 3 is 2.51 bits per heavy atom. The van der Waals surface area contributed by atoms with E-state index in [1.807, 2.05) is 79.7 Å². The van der Waals surface area contributed by atoms with Crippen LogP contribution in [0.2, 0.25) is 0 Å². The van der Waals surface area contributed by atoms with Crippen LogP contribution in [0.5, 0.6) is 11.5 Å². The first-order valence-electron chi connectivity index (χ1n) is 14.1. The van der Waals surface area contributed by atoms with Crippen LogP contribution in [0.1, 0.15) is 33.9 Å². The molecule has 5 aromatic rings. The van der Waals surface area contributed by atoms with Crippen molar-refractivity contribution in [1.82, 2.24) is 10.3 Å². The molecule has 0 bridgehead atoms. The van der Waals surface area contributed by atoms with Crippen molar-refractivity contribution in [2.75, 3.05) is 11.9 Å². The molecular weight excluding hydrogens is 546 g/mol. The van der Waals surface area contributed by atoms with Gasteiger partial charge in [-0.15, -0.1) is 0 Å². The van der Waals surface area contributed by atoms with E-state index in [2.05, 4.69) is 15.6 Å². The Morgan fingerprint density at radius 1 is 0.977 bits per heavy atom. The molecule has 218 valence electrons. The fraction of sp³-hybridized carbons (Fsp3) is 0.206. The van der Waals surface area contributed by atoms with Gasteiger partial charge < -0.3 is 29.6 Å². The van der Waals surface area contributed by atoms with E-state index >= 15 is 0 Å². The summed E-state index contributed by atoms with van der Waals surface area (Å²) in [7, 11) is 0. The highest BCUT2D eigenvalue weighted by atomic mass is 16.5. The van der Waals surface area contributed by atoms with Gasteiger partial charge in [0.25, 0.3) is 0 Å². The number of aromatic carboxylic acids is 1. The quantitative estimate of drug-likeness (QED) is 0.178. The number of carbonyl (C=O) groups is 2. The fourth-order valence-electron chi connectivity index (χ4n) is 5.33. The number of nitrogens with one attached hydrogen (secondary N) is 2. The number of nitrogens with zero attached hydrogens (tertiary/aromatic N) is 1. The number of aromatic nitrogens is 1. The molecule has 9 heteroatoms. The molecule has 6 rings (SSSR count). The van der Waals surface area contributed by atoms with Crippen molar-refractivity contribution in [2.24, 2.45) is 0 Å². The lowest BCUT2D eigenvalue weighted by molar-refractivity contribution is -0.127. The number of hydrogen-bond acceptors (Lipinski definition) is 8. The third-order valence-corrected chi connectivity index (χ3v) is 7.60. The van der Waals surface area contributed by atoms with E-state index in [4.69, 9.17) is 13.9 Å². The van der Waals surface area contributed by atoms with Crippen molar-refractivity contribution in [3.8, 4) is 11.5 Å². The van der Waals surface area contributed by atoms with Crippen molar-refractivity contribution < 1.29 is 28.6 Å². The van der Waals surface area contributed by atoms with Crippen LogP contribution in [0.4, 0.5) is 5.69 Å². The number of hydrogen-bond donors (Lipinski definition) is 3. The van der Waals surface area contributed by atoms with Crippen LogP contribution in [-0.2, 0) is 4.79 Å². The highest BCUT2D eigenvalue weighted by Gasteiger charge is 2.41. The van der Waals surface area contributed by atoms with Crippen LogP contribution >= 0.6 is 0 Å². The molecule has 0 saturated carbocycles. The topological polar surface area (TPSA) is 123 Å². The summed E-state index contributed by atoms with van der Waals surface area (Å²) < 4.78 is 18.2. The van der Waals surface area contributed by atoms with Crippen LogP contribution in [0.15, 0.2) is 108 Å². The first kappa shape index (κ1) is 28.0. The van der Waals surface area contributed by atoms with Crippen LogP contribution < -0.4 is 20.1 Å². The first-order valence-corrected chi connectivity index (χ1v) is 14.1. The molecule has 9 nitrogen and oxygen atoms in total. The zero-order valence-electron chi connectivity index (χ0n) is 23.5. The summed E-state index contributed by atoms with van der Waals surface area (Å²) in [5, 5.41) is 16.3. The molecule has 0 aliphatic carbocycles. The largest absolute Gasteiger partial charge is 0.489 e. The van der Waals surface area contributed by atoms with Gasteiger partial charge in [0.1, 0.15) is 29.2 Å². The summed E-state index contributed by atoms with van der Waals surface area (Å²) in [5.41, 5.74) is 3.88. The number of ketones is 1. The van der Waals surface area contributed by atoms with Gasteiger partial charge in [0.05, 0.1) is 11.6 Å². The zero-order chi connectivity index (χ0) is 29.8. The zero-order valence-corrected chi connectivity index (χ0v) is 23.5. The second-order valence-electron chi connectivity index (χ2n) is 10.5. The second kappa shape index (κ2) is 12.4. The van der Waals surface area contributed by atoms with Crippen molar-refractivity contribution in [3.63, 3.8) is 0 Å². The third-order valence-electron chi connectivity index (χ3n) is 7.60. The number of carbonyl (C=O) groups excluding carboxylic acids is 1. The molecule has 1 aromatic heterocycles. The molecule has 1 saturated heterocycles. The van der Waals surface area contributed by atoms with E-state index in [0.29, 0.717) is 35.4 Å². The van der Waals surface area contributed by atoms with Gasteiger partial charge in [-0.05, 0) is 72.6 Å². The Kier molecular flexibility index (Phi) is 8.06. The molecule has 0 amide bonds. The normalized spacial score (nSPS) is 17.7. The minimum absolute atomic E-state index is 0.130. The van der Waals surface area contributed by atoms with E-state index in [1.165, 1.54) is 18.5 Å². The maximum absolute atomic E-state index is 14.7. The SMILES string of the molecule is Cc1ccccc1NC(C(=O)C(Oc1ccc(C(=O)O)cc1)[C@@H]1C[C@H](Oc2ccccc2)CN1)c1ccc2ncoc2c1. The van der Waals surface area contributed by atoms with Crippen LogP contribution in [-0.4, -0.2) is 46.6 Å². The Hall–Kier alpha value is -5.15. The minimum Gasteiger partial charge on any atom is -0.489 e. The van der Waals surface area contributed by atoms with E-state index in [-0.39, 0.29) is 23.5 Å². The Bertz CT molecular complexity index is 1720. The summed E-state index contributed by atoms with van der Waals surface area (Å²) in [6.07, 6.45) is 0.791. The monoisotopic (exact) mass is 577 g/mol. The standard InChI is InChI=1S/C34H31N3O6/c1-21-7-5-6-10-27(21)37-31(23-13-16-28-30(17-23)41-20-36-28)32(38)33(43-25-14-11-22(12-15-25)34(39)40)29-18-26(19-35-29)42-24-8-3-2-4-9-24/h2-17,20,26,29,31,33,35,37H,18-19H2,1H3,(H,39,40)/t26-,29-,31?,33?/m0/s1. The number of para-hydroxylation sites is 2. The number of fused-ring (bicyclic) bond motifs is 1. The second-order valence-corrected chi connectivity index (χ2v) is 10.5. The van der Waals surface area contributed by atoms with E-state index in [1.54, 1.807) is 12.1 Å². The van der Waals surface area contributed by atoms with Crippen LogP contribution in [0, 0.1) is 6.92 Å².